The smallest absolute Gasteiger partial charge is 0.137 e. The summed E-state index contributed by atoms with van der Waals surface area (Å²) < 4.78 is 5.22. The molecule has 1 heterocycles. The normalized spacial score (nSPS) is 23.5. The standard InChI is InChI=1S/C15H23ClN2O/c1-4-11-10-18(12(5-2)9-17-11)13-6-7-15(19-3)14(16)8-13/h6-8,11-12,17H,4-5,9-10H2,1-3H3. The molecule has 2 rings (SSSR count). The minimum atomic E-state index is 0.535. The van der Waals surface area contributed by atoms with Gasteiger partial charge in [-0.3, -0.25) is 0 Å². The number of hydrogen-bond acceptors (Lipinski definition) is 3. The molecule has 0 amide bonds. The van der Waals surface area contributed by atoms with E-state index in [2.05, 4.69) is 30.1 Å². The first-order chi connectivity index (χ1) is 9.19. The van der Waals surface area contributed by atoms with Crippen LogP contribution in [0.3, 0.4) is 0 Å². The number of rotatable bonds is 4. The van der Waals surface area contributed by atoms with Crippen LogP contribution in [0, 0.1) is 0 Å². The maximum Gasteiger partial charge on any atom is 0.137 e. The lowest BCUT2D eigenvalue weighted by Crippen LogP contribution is -2.56. The van der Waals surface area contributed by atoms with Gasteiger partial charge in [-0.15, -0.1) is 0 Å². The van der Waals surface area contributed by atoms with Crippen molar-refractivity contribution < 1.29 is 4.74 Å². The second-order valence-corrected chi connectivity index (χ2v) is 5.45. The van der Waals surface area contributed by atoms with Gasteiger partial charge in [0.05, 0.1) is 12.1 Å². The second-order valence-electron chi connectivity index (χ2n) is 5.05. The van der Waals surface area contributed by atoms with Gasteiger partial charge in [-0.2, -0.15) is 0 Å². The average Bonchev–Trinajstić information content (AvgIpc) is 2.46. The summed E-state index contributed by atoms with van der Waals surface area (Å²) in [6.07, 6.45) is 2.28. The summed E-state index contributed by atoms with van der Waals surface area (Å²) in [6.45, 7) is 6.54. The van der Waals surface area contributed by atoms with Crippen molar-refractivity contribution in [2.75, 3.05) is 25.1 Å². The van der Waals surface area contributed by atoms with Crippen molar-refractivity contribution >= 4 is 17.3 Å². The van der Waals surface area contributed by atoms with Crippen LogP contribution in [0.2, 0.25) is 5.02 Å². The van der Waals surface area contributed by atoms with Crippen molar-refractivity contribution in [2.24, 2.45) is 0 Å². The Labute approximate surface area is 120 Å². The molecule has 0 saturated carbocycles. The summed E-state index contributed by atoms with van der Waals surface area (Å²) in [5, 5.41) is 4.29. The zero-order valence-electron chi connectivity index (χ0n) is 11.9. The molecular weight excluding hydrogens is 260 g/mol. The molecular formula is C15H23ClN2O. The van der Waals surface area contributed by atoms with Gasteiger partial charge in [-0.25, -0.2) is 0 Å². The SMILES string of the molecule is CCC1CN(c2ccc(OC)c(Cl)c2)C(CC)CN1. The predicted octanol–water partition coefficient (Wildman–Crippen LogP) is 3.32. The van der Waals surface area contributed by atoms with Crippen molar-refractivity contribution in [3.8, 4) is 5.75 Å². The Morgan fingerprint density at radius 3 is 2.74 bits per heavy atom. The summed E-state index contributed by atoms with van der Waals surface area (Å²) in [5.41, 5.74) is 1.19. The van der Waals surface area contributed by atoms with Crippen LogP contribution in [0.1, 0.15) is 26.7 Å². The van der Waals surface area contributed by atoms with Crippen LogP contribution in [-0.2, 0) is 0 Å². The van der Waals surface area contributed by atoms with Crippen molar-refractivity contribution in [3.63, 3.8) is 0 Å². The number of ether oxygens (including phenoxy) is 1. The molecule has 0 aromatic heterocycles. The first kappa shape index (κ1) is 14.5. The van der Waals surface area contributed by atoms with E-state index in [9.17, 15) is 0 Å². The second kappa shape index (κ2) is 6.49. The quantitative estimate of drug-likeness (QED) is 0.917. The fourth-order valence-electron chi connectivity index (χ4n) is 2.65. The number of hydrogen-bond donors (Lipinski definition) is 1. The lowest BCUT2D eigenvalue weighted by atomic mass is 10.0. The third kappa shape index (κ3) is 3.15. The number of nitrogens with zero attached hydrogens (tertiary/aromatic N) is 1. The van der Waals surface area contributed by atoms with Crippen LogP contribution < -0.4 is 15.0 Å². The number of anilines is 1. The maximum absolute atomic E-state index is 6.24. The van der Waals surface area contributed by atoms with E-state index in [-0.39, 0.29) is 0 Å². The molecule has 4 heteroatoms. The molecule has 0 radical (unpaired) electrons. The fourth-order valence-corrected chi connectivity index (χ4v) is 2.90. The average molecular weight is 283 g/mol. The Bertz CT molecular complexity index is 425. The van der Waals surface area contributed by atoms with Crippen LogP contribution in [0.4, 0.5) is 5.69 Å². The van der Waals surface area contributed by atoms with Gasteiger partial charge in [0.1, 0.15) is 5.75 Å². The molecule has 0 bridgehead atoms. The zero-order chi connectivity index (χ0) is 13.8. The van der Waals surface area contributed by atoms with Gasteiger partial charge >= 0.3 is 0 Å². The van der Waals surface area contributed by atoms with Crippen molar-refractivity contribution in [3.05, 3.63) is 23.2 Å². The first-order valence-electron chi connectivity index (χ1n) is 7.03. The van der Waals surface area contributed by atoms with E-state index >= 15 is 0 Å². The van der Waals surface area contributed by atoms with Crippen molar-refractivity contribution in [2.45, 2.75) is 38.8 Å². The molecule has 1 N–H and O–H groups in total. The molecule has 3 nitrogen and oxygen atoms in total. The number of methoxy groups -OCH3 is 1. The van der Waals surface area contributed by atoms with Gasteiger partial charge in [-0.1, -0.05) is 25.4 Å². The van der Waals surface area contributed by atoms with Crippen LogP contribution >= 0.6 is 11.6 Å². The topological polar surface area (TPSA) is 24.5 Å². The molecule has 1 aliphatic rings. The summed E-state index contributed by atoms with van der Waals surface area (Å²) in [7, 11) is 1.65. The van der Waals surface area contributed by atoms with Crippen LogP contribution in [0.25, 0.3) is 0 Å². The van der Waals surface area contributed by atoms with Gasteiger partial charge in [0.25, 0.3) is 0 Å². The van der Waals surface area contributed by atoms with E-state index in [4.69, 9.17) is 16.3 Å². The molecule has 2 atom stereocenters. The fraction of sp³-hybridized carbons (Fsp3) is 0.600. The molecule has 1 fully saturated rings. The zero-order valence-corrected chi connectivity index (χ0v) is 12.7. The summed E-state index contributed by atoms with van der Waals surface area (Å²) >= 11 is 6.24. The molecule has 1 aromatic rings. The number of benzene rings is 1. The van der Waals surface area contributed by atoms with E-state index in [0.29, 0.717) is 17.1 Å². The maximum atomic E-state index is 6.24. The van der Waals surface area contributed by atoms with E-state index in [1.807, 2.05) is 12.1 Å². The number of halogens is 1. The Morgan fingerprint density at radius 2 is 2.16 bits per heavy atom. The summed E-state index contributed by atoms with van der Waals surface area (Å²) in [4.78, 5) is 2.47. The Balaban J connectivity index is 2.23. The van der Waals surface area contributed by atoms with Crippen molar-refractivity contribution in [1.29, 1.82) is 0 Å². The van der Waals surface area contributed by atoms with Crippen molar-refractivity contribution in [1.82, 2.24) is 5.32 Å². The Morgan fingerprint density at radius 1 is 1.37 bits per heavy atom. The highest BCUT2D eigenvalue weighted by Gasteiger charge is 2.26. The van der Waals surface area contributed by atoms with Gasteiger partial charge in [0.15, 0.2) is 0 Å². The highest BCUT2D eigenvalue weighted by atomic mass is 35.5. The first-order valence-corrected chi connectivity index (χ1v) is 7.40. The lowest BCUT2D eigenvalue weighted by Gasteiger charge is -2.41. The highest BCUT2D eigenvalue weighted by Crippen LogP contribution is 2.31. The molecule has 1 aliphatic heterocycles. The molecule has 1 saturated heterocycles. The monoisotopic (exact) mass is 282 g/mol. The van der Waals surface area contributed by atoms with E-state index in [1.165, 1.54) is 5.69 Å². The molecule has 0 aliphatic carbocycles. The number of piperazine rings is 1. The molecule has 2 unspecified atom stereocenters. The van der Waals surface area contributed by atoms with Gasteiger partial charge in [0, 0.05) is 30.9 Å². The van der Waals surface area contributed by atoms with E-state index in [0.717, 1.165) is 31.7 Å². The van der Waals surface area contributed by atoms with Gasteiger partial charge < -0.3 is 15.0 Å². The molecule has 0 spiro atoms. The van der Waals surface area contributed by atoms with E-state index in [1.54, 1.807) is 7.11 Å². The minimum Gasteiger partial charge on any atom is -0.495 e. The van der Waals surface area contributed by atoms with Gasteiger partial charge in [0.2, 0.25) is 0 Å². The van der Waals surface area contributed by atoms with Crippen LogP contribution in [-0.4, -0.2) is 32.3 Å². The minimum absolute atomic E-state index is 0.535. The van der Waals surface area contributed by atoms with Crippen LogP contribution in [0.5, 0.6) is 5.75 Å². The molecule has 19 heavy (non-hydrogen) atoms. The molecule has 106 valence electrons. The predicted molar refractivity (Wildman–Crippen MR) is 81.5 cm³/mol. The summed E-state index contributed by atoms with van der Waals surface area (Å²) in [5.74, 6) is 0.737. The lowest BCUT2D eigenvalue weighted by molar-refractivity contribution is 0.378. The third-order valence-electron chi connectivity index (χ3n) is 3.93. The molecule has 1 aromatic carbocycles. The Hall–Kier alpha value is -0.930. The largest absolute Gasteiger partial charge is 0.495 e. The van der Waals surface area contributed by atoms with Gasteiger partial charge in [-0.05, 0) is 31.0 Å². The summed E-state index contributed by atoms with van der Waals surface area (Å²) in [6, 6.07) is 7.16. The van der Waals surface area contributed by atoms with Crippen LogP contribution in [0.15, 0.2) is 18.2 Å². The third-order valence-corrected chi connectivity index (χ3v) is 4.23. The Kier molecular flexibility index (Phi) is 4.94. The van der Waals surface area contributed by atoms with E-state index < -0.39 is 0 Å². The highest BCUT2D eigenvalue weighted by molar-refractivity contribution is 6.32. The number of nitrogens with one attached hydrogen (secondary N) is 1.